The van der Waals surface area contributed by atoms with Crippen LogP contribution in [0.3, 0.4) is 0 Å². The summed E-state index contributed by atoms with van der Waals surface area (Å²) in [7, 11) is 3.53. The van der Waals surface area contributed by atoms with Gasteiger partial charge in [0.1, 0.15) is 11.2 Å². The molecule has 3 heterocycles. The smallest absolute Gasteiger partial charge is 0.352 e. The van der Waals surface area contributed by atoms with Crippen LogP contribution in [-0.4, -0.2) is 48.0 Å². The number of aromatic carboxylic acids is 1. The molecule has 1 unspecified atom stereocenters. The zero-order valence-corrected chi connectivity index (χ0v) is 15.3. The molecule has 4 rings (SSSR count). The van der Waals surface area contributed by atoms with E-state index in [1.54, 1.807) is 35.5 Å². The topological polar surface area (TPSA) is 93.2 Å². The zero-order valence-electron chi connectivity index (χ0n) is 15.3. The predicted octanol–water partition coefficient (Wildman–Crippen LogP) is 2.37. The number of nitrogens with zero attached hydrogens (tertiary/aromatic N) is 5. The summed E-state index contributed by atoms with van der Waals surface area (Å²) in [6.45, 7) is 0.633. The Morgan fingerprint density at radius 2 is 1.96 bits per heavy atom. The summed E-state index contributed by atoms with van der Waals surface area (Å²) in [5, 5.41) is 17.5. The fourth-order valence-corrected chi connectivity index (χ4v) is 3.94. The van der Waals surface area contributed by atoms with E-state index in [2.05, 4.69) is 10.3 Å². The molecule has 0 saturated carbocycles. The van der Waals surface area contributed by atoms with E-state index >= 15 is 0 Å². The van der Waals surface area contributed by atoms with Gasteiger partial charge in [0.2, 0.25) is 0 Å². The van der Waals surface area contributed by atoms with Gasteiger partial charge in [-0.25, -0.2) is 9.48 Å². The Kier molecular flexibility index (Phi) is 4.18. The van der Waals surface area contributed by atoms with Crippen LogP contribution in [-0.2, 0) is 14.1 Å². The molecule has 0 bridgehead atoms. The molecule has 27 heavy (non-hydrogen) atoms. The number of hydrogen-bond donors (Lipinski definition) is 1. The summed E-state index contributed by atoms with van der Waals surface area (Å²) in [5.41, 5.74) is 2.99. The monoisotopic (exact) mass is 367 g/mol. The third-order valence-electron chi connectivity index (χ3n) is 5.36. The fourth-order valence-electron chi connectivity index (χ4n) is 3.94. The van der Waals surface area contributed by atoms with Gasteiger partial charge in [-0.1, -0.05) is 11.3 Å². The van der Waals surface area contributed by atoms with E-state index in [0.29, 0.717) is 17.6 Å². The number of carbonyl (C=O) groups excluding carboxylic acids is 1. The van der Waals surface area contributed by atoms with Gasteiger partial charge in [0.05, 0.1) is 17.1 Å². The van der Waals surface area contributed by atoms with Crippen LogP contribution in [0.1, 0.15) is 51.8 Å². The number of piperidine rings is 1. The highest BCUT2D eigenvalue weighted by molar-refractivity contribution is 6.04. The van der Waals surface area contributed by atoms with Crippen LogP contribution in [0.15, 0.2) is 30.3 Å². The van der Waals surface area contributed by atoms with Crippen LogP contribution in [0.25, 0.3) is 11.0 Å². The highest BCUT2D eigenvalue weighted by Crippen LogP contribution is 2.33. The van der Waals surface area contributed by atoms with Crippen molar-refractivity contribution in [2.75, 3.05) is 6.54 Å². The molecular weight excluding hydrogens is 346 g/mol. The highest BCUT2D eigenvalue weighted by Gasteiger charge is 2.32. The van der Waals surface area contributed by atoms with Gasteiger partial charge in [0.25, 0.3) is 5.91 Å². The molecule has 0 spiro atoms. The van der Waals surface area contributed by atoms with Crippen LogP contribution in [0.2, 0.25) is 0 Å². The molecule has 1 aliphatic heterocycles. The van der Waals surface area contributed by atoms with Gasteiger partial charge in [0.15, 0.2) is 0 Å². The molecule has 1 N–H and O–H groups in total. The molecule has 1 atom stereocenters. The number of carboxylic acids is 1. The van der Waals surface area contributed by atoms with Gasteiger partial charge < -0.3 is 14.6 Å². The van der Waals surface area contributed by atoms with Crippen LogP contribution in [0.5, 0.6) is 0 Å². The van der Waals surface area contributed by atoms with Gasteiger partial charge in [0, 0.05) is 26.3 Å². The van der Waals surface area contributed by atoms with Crippen LogP contribution in [0, 0.1) is 0 Å². The number of benzene rings is 1. The summed E-state index contributed by atoms with van der Waals surface area (Å²) < 4.78 is 3.32. The number of likely N-dealkylation sites (tertiary alicyclic amines) is 1. The maximum atomic E-state index is 13.4. The number of carboxylic acid groups (broad SMARTS) is 1. The van der Waals surface area contributed by atoms with Crippen molar-refractivity contribution in [1.82, 2.24) is 24.5 Å². The Labute approximate surface area is 156 Å². The van der Waals surface area contributed by atoms with Crippen molar-refractivity contribution in [3.05, 3.63) is 47.3 Å². The van der Waals surface area contributed by atoms with Gasteiger partial charge >= 0.3 is 5.97 Å². The first-order chi connectivity index (χ1) is 13.0. The number of fused-ring (bicyclic) bond motifs is 1. The van der Waals surface area contributed by atoms with Crippen molar-refractivity contribution < 1.29 is 14.7 Å². The zero-order chi connectivity index (χ0) is 19.1. The quantitative estimate of drug-likeness (QED) is 0.767. The highest BCUT2D eigenvalue weighted by atomic mass is 16.4. The Morgan fingerprint density at radius 1 is 1.15 bits per heavy atom. The normalized spacial score (nSPS) is 17.4. The molecule has 3 aromatic rings. The van der Waals surface area contributed by atoms with Crippen molar-refractivity contribution >= 4 is 22.9 Å². The minimum absolute atomic E-state index is 0.0936. The third kappa shape index (κ3) is 2.77. The lowest BCUT2D eigenvalue weighted by Crippen LogP contribution is -2.39. The molecule has 8 heteroatoms. The summed E-state index contributed by atoms with van der Waals surface area (Å²) in [4.78, 5) is 26.6. The van der Waals surface area contributed by atoms with Crippen molar-refractivity contribution in [1.29, 1.82) is 0 Å². The van der Waals surface area contributed by atoms with Crippen LogP contribution < -0.4 is 0 Å². The average molecular weight is 367 g/mol. The number of amides is 1. The lowest BCUT2D eigenvalue weighted by atomic mass is 9.97. The standard InChI is InChI=1S/C19H21N5O3/c1-22-13(9-10-16(22)19(26)27)14-7-3-4-11-24(14)18(25)12-6-5-8-15-17(12)20-21-23(15)2/h5-6,8-10,14H,3-4,7,11H2,1-2H3,(H,26,27). The molecule has 1 saturated heterocycles. The van der Waals surface area contributed by atoms with Gasteiger partial charge in [-0.2, -0.15) is 0 Å². The predicted molar refractivity (Wildman–Crippen MR) is 98.5 cm³/mol. The van der Waals surface area contributed by atoms with E-state index in [9.17, 15) is 14.7 Å². The van der Waals surface area contributed by atoms with Crippen LogP contribution >= 0.6 is 0 Å². The Hall–Kier alpha value is -3.16. The lowest BCUT2D eigenvalue weighted by molar-refractivity contribution is 0.0603. The van der Waals surface area contributed by atoms with Crippen molar-refractivity contribution in [3.8, 4) is 0 Å². The summed E-state index contributed by atoms with van der Waals surface area (Å²) in [6.07, 6.45) is 2.73. The van der Waals surface area contributed by atoms with E-state index in [1.807, 2.05) is 23.1 Å². The second kappa shape index (κ2) is 6.53. The maximum absolute atomic E-state index is 13.4. The average Bonchev–Trinajstić information content (AvgIpc) is 3.24. The Morgan fingerprint density at radius 3 is 2.70 bits per heavy atom. The minimum atomic E-state index is -0.971. The van der Waals surface area contributed by atoms with Gasteiger partial charge in [-0.3, -0.25) is 4.79 Å². The van der Waals surface area contributed by atoms with E-state index in [-0.39, 0.29) is 17.6 Å². The Balaban J connectivity index is 1.74. The van der Waals surface area contributed by atoms with Crippen molar-refractivity contribution in [3.63, 3.8) is 0 Å². The first-order valence-electron chi connectivity index (χ1n) is 8.97. The summed E-state index contributed by atoms with van der Waals surface area (Å²) >= 11 is 0. The van der Waals surface area contributed by atoms with E-state index < -0.39 is 5.97 Å². The molecule has 1 fully saturated rings. The third-order valence-corrected chi connectivity index (χ3v) is 5.36. The SMILES string of the molecule is Cn1c(C(=O)O)ccc1C1CCCCN1C(=O)c1cccc2c1nnn2C. The van der Waals surface area contributed by atoms with E-state index in [0.717, 1.165) is 30.5 Å². The molecule has 140 valence electrons. The molecule has 1 aliphatic rings. The van der Waals surface area contributed by atoms with Gasteiger partial charge in [-0.15, -0.1) is 5.10 Å². The molecule has 0 aliphatic carbocycles. The minimum Gasteiger partial charge on any atom is -0.477 e. The summed E-state index contributed by atoms with van der Waals surface area (Å²) in [5.74, 6) is -1.06. The van der Waals surface area contributed by atoms with E-state index in [1.165, 1.54) is 0 Å². The Bertz CT molecular complexity index is 1040. The number of aryl methyl sites for hydroxylation is 1. The molecule has 8 nitrogen and oxygen atoms in total. The molecule has 1 amide bonds. The second-order valence-corrected chi connectivity index (χ2v) is 6.90. The number of aromatic nitrogens is 4. The molecule has 2 aromatic heterocycles. The second-order valence-electron chi connectivity index (χ2n) is 6.90. The number of hydrogen-bond acceptors (Lipinski definition) is 4. The fraction of sp³-hybridized carbons (Fsp3) is 0.368. The summed E-state index contributed by atoms with van der Waals surface area (Å²) in [6, 6.07) is 8.75. The maximum Gasteiger partial charge on any atom is 0.352 e. The molecule has 0 radical (unpaired) electrons. The van der Waals surface area contributed by atoms with Crippen molar-refractivity contribution in [2.45, 2.75) is 25.3 Å². The lowest BCUT2D eigenvalue weighted by Gasteiger charge is -2.36. The van der Waals surface area contributed by atoms with Gasteiger partial charge in [-0.05, 0) is 43.5 Å². The largest absolute Gasteiger partial charge is 0.477 e. The van der Waals surface area contributed by atoms with Crippen molar-refractivity contribution in [2.24, 2.45) is 14.1 Å². The number of rotatable bonds is 3. The number of carbonyl (C=O) groups is 2. The van der Waals surface area contributed by atoms with Crippen LogP contribution in [0.4, 0.5) is 0 Å². The molecular formula is C19H21N5O3. The first-order valence-corrected chi connectivity index (χ1v) is 8.97. The molecule has 1 aromatic carbocycles. The first kappa shape index (κ1) is 17.3. The van der Waals surface area contributed by atoms with E-state index in [4.69, 9.17) is 0 Å².